The Bertz CT molecular complexity index is 646. The summed E-state index contributed by atoms with van der Waals surface area (Å²) in [6, 6.07) is 5.91. The maximum Gasteiger partial charge on any atom is 0.322 e. The summed E-state index contributed by atoms with van der Waals surface area (Å²) in [5.41, 5.74) is 1.08. The van der Waals surface area contributed by atoms with Crippen LogP contribution < -0.4 is 10.2 Å². The van der Waals surface area contributed by atoms with Crippen molar-refractivity contribution in [3.05, 3.63) is 29.8 Å². The first-order valence-electron chi connectivity index (χ1n) is 7.14. The molecule has 0 radical (unpaired) electrons. The Labute approximate surface area is 135 Å². The summed E-state index contributed by atoms with van der Waals surface area (Å²) in [4.78, 5) is 36.4. The van der Waals surface area contributed by atoms with E-state index < -0.39 is 24.5 Å². The summed E-state index contributed by atoms with van der Waals surface area (Å²) in [5, 5.41) is 11.0. The molecule has 0 saturated heterocycles. The quantitative estimate of drug-likeness (QED) is 0.773. The summed E-state index contributed by atoms with van der Waals surface area (Å²) in [7, 11) is 0. The number of aliphatic carboxylic acids is 1. The molecule has 2 amide bonds. The Kier molecular flexibility index (Phi) is 6.34. The summed E-state index contributed by atoms with van der Waals surface area (Å²) >= 11 is 0. The van der Waals surface area contributed by atoms with Gasteiger partial charge in [0.2, 0.25) is 11.8 Å². The van der Waals surface area contributed by atoms with Gasteiger partial charge >= 0.3 is 5.97 Å². The predicted molar refractivity (Wildman–Crippen MR) is 86.8 cm³/mol. The Morgan fingerprint density at radius 1 is 1.35 bits per heavy atom. The van der Waals surface area contributed by atoms with Gasteiger partial charge in [0.25, 0.3) is 0 Å². The van der Waals surface area contributed by atoms with Gasteiger partial charge in [0.15, 0.2) is 0 Å². The van der Waals surface area contributed by atoms with Crippen LogP contribution in [0.15, 0.2) is 24.3 Å². The Morgan fingerprint density at radius 2 is 2.00 bits per heavy atom. The number of carbonyl (C=O) groups excluding carboxylic acids is 2. The van der Waals surface area contributed by atoms with Gasteiger partial charge in [-0.05, 0) is 24.1 Å². The van der Waals surface area contributed by atoms with E-state index in [9.17, 15) is 14.4 Å². The number of terminal acetylenes is 1. The number of carboxylic acids is 1. The average molecular weight is 316 g/mol. The molecule has 0 aliphatic rings. The zero-order chi connectivity index (χ0) is 17.6. The number of nitrogens with zero attached hydrogens (tertiary/aromatic N) is 1. The molecule has 2 N–H and O–H groups in total. The number of nitrogens with one attached hydrogen (secondary N) is 1. The SMILES string of the molecule is C#Cc1cccc(N(C(C)=O)C(C(=O)NCC(=O)O)C(C)C)c1. The van der Waals surface area contributed by atoms with Crippen LogP contribution in [-0.2, 0) is 14.4 Å². The van der Waals surface area contributed by atoms with Crippen molar-refractivity contribution in [1.82, 2.24) is 5.32 Å². The molecule has 0 fully saturated rings. The normalized spacial score (nSPS) is 11.4. The van der Waals surface area contributed by atoms with Crippen molar-refractivity contribution in [1.29, 1.82) is 0 Å². The molecule has 1 aromatic rings. The van der Waals surface area contributed by atoms with Gasteiger partial charge in [-0.3, -0.25) is 19.3 Å². The lowest BCUT2D eigenvalue weighted by Crippen LogP contribution is -2.52. The van der Waals surface area contributed by atoms with E-state index in [1.54, 1.807) is 38.1 Å². The van der Waals surface area contributed by atoms with E-state index in [2.05, 4.69) is 11.2 Å². The third-order valence-electron chi connectivity index (χ3n) is 3.22. The first-order valence-corrected chi connectivity index (χ1v) is 7.14. The Balaban J connectivity index is 3.21. The minimum absolute atomic E-state index is 0.220. The standard InChI is InChI=1S/C17H20N2O4/c1-5-13-7-6-8-14(9-13)19(12(4)20)16(11(2)3)17(23)18-10-15(21)22/h1,6-9,11,16H,10H2,2-4H3,(H,18,23)(H,21,22). The summed E-state index contributed by atoms with van der Waals surface area (Å²) in [6.07, 6.45) is 5.37. The number of carboxylic acid groups (broad SMARTS) is 1. The molecular weight excluding hydrogens is 296 g/mol. The minimum Gasteiger partial charge on any atom is -0.480 e. The topological polar surface area (TPSA) is 86.7 Å². The van der Waals surface area contributed by atoms with E-state index in [0.29, 0.717) is 11.3 Å². The van der Waals surface area contributed by atoms with Gasteiger partial charge in [-0.25, -0.2) is 0 Å². The highest BCUT2D eigenvalue weighted by atomic mass is 16.4. The molecule has 0 spiro atoms. The number of hydrogen-bond donors (Lipinski definition) is 2. The van der Waals surface area contributed by atoms with Crippen molar-refractivity contribution < 1.29 is 19.5 Å². The smallest absolute Gasteiger partial charge is 0.322 e. The first kappa shape index (κ1) is 18.2. The fourth-order valence-corrected chi connectivity index (χ4v) is 2.27. The second kappa shape index (κ2) is 7.99. The van der Waals surface area contributed by atoms with Crippen molar-refractivity contribution >= 4 is 23.5 Å². The van der Waals surface area contributed by atoms with Gasteiger partial charge in [0.1, 0.15) is 12.6 Å². The van der Waals surface area contributed by atoms with Crippen molar-refractivity contribution in [3.63, 3.8) is 0 Å². The first-order chi connectivity index (χ1) is 10.8. The van der Waals surface area contributed by atoms with Crippen LogP contribution in [0.3, 0.4) is 0 Å². The van der Waals surface area contributed by atoms with E-state index >= 15 is 0 Å². The maximum atomic E-state index is 12.4. The van der Waals surface area contributed by atoms with Gasteiger partial charge in [-0.15, -0.1) is 6.42 Å². The third kappa shape index (κ3) is 4.85. The number of carbonyl (C=O) groups is 3. The van der Waals surface area contributed by atoms with Crippen LogP contribution in [0.25, 0.3) is 0 Å². The molecule has 23 heavy (non-hydrogen) atoms. The summed E-state index contributed by atoms with van der Waals surface area (Å²) in [5.74, 6) is 0.259. The molecule has 0 aromatic heterocycles. The fourth-order valence-electron chi connectivity index (χ4n) is 2.27. The van der Waals surface area contributed by atoms with Crippen LogP contribution in [-0.4, -0.2) is 35.5 Å². The van der Waals surface area contributed by atoms with E-state index in [1.165, 1.54) is 11.8 Å². The van der Waals surface area contributed by atoms with Gasteiger partial charge in [0.05, 0.1) is 0 Å². The number of hydrogen-bond acceptors (Lipinski definition) is 3. The highest BCUT2D eigenvalue weighted by molar-refractivity contribution is 6.00. The van der Waals surface area contributed by atoms with Gasteiger partial charge < -0.3 is 10.4 Å². The number of amides is 2. The largest absolute Gasteiger partial charge is 0.480 e. The number of anilines is 1. The van der Waals surface area contributed by atoms with Crippen LogP contribution in [0.1, 0.15) is 26.3 Å². The molecule has 0 heterocycles. The molecule has 0 bridgehead atoms. The lowest BCUT2D eigenvalue weighted by molar-refractivity contribution is -0.138. The van der Waals surface area contributed by atoms with Gasteiger partial charge in [-0.2, -0.15) is 0 Å². The molecule has 0 aliphatic carbocycles. The Hall–Kier alpha value is -2.81. The molecule has 1 atom stereocenters. The third-order valence-corrected chi connectivity index (χ3v) is 3.22. The van der Waals surface area contributed by atoms with Crippen molar-refractivity contribution in [2.75, 3.05) is 11.4 Å². The summed E-state index contributed by atoms with van der Waals surface area (Å²) < 4.78 is 0. The van der Waals surface area contributed by atoms with Gasteiger partial charge in [0, 0.05) is 18.2 Å². The number of benzene rings is 1. The second-order valence-electron chi connectivity index (χ2n) is 5.38. The molecule has 1 unspecified atom stereocenters. The second-order valence-corrected chi connectivity index (χ2v) is 5.38. The lowest BCUT2D eigenvalue weighted by Gasteiger charge is -2.32. The lowest BCUT2D eigenvalue weighted by atomic mass is 10.00. The molecule has 6 heteroatoms. The monoisotopic (exact) mass is 316 g/mol. The Morgan fingerprint density at radius 3 is 2.48 bits per heavy atom. The van der Waals surface area contributed by atoms with Crippen LogP contribution in [0.5, 0.6) is 0 Å². The van der Waals surface area contributed by atoms with Gasteiger partial charge in [-0.1, -0.05) is 25.8 Å². The minimum atomic E-state index is -1.15. The van der Waals surface area contributed by atoms with Crippen LogP contribution in [0.4, 0.5) is 5.69 Å². The summed E-state index contributed by atoms with van der Waals surface area (Å²) in [6.45, 7) is 4.42. The molecule has 0 saturated carbocycles. The van der Waals surface area contributed by atoms with E-state index in [4.69, 9.17) is 11.5 Å². The molecule has 1 aromatic carbocycles. The fraction of sp³-hybridized carbons (Fsp3) is 0.353. The predicted octanol–water partition coefficient (Wildman–Crippen LogP) is 1.25. The highest BCUT2D eigenvalue weighted by Gasteiger charge is 2.32. The average Bonchev–Trinajstić information content (AvgIpc) is 2.49. The van der Waals surface area contributed by atoms with Crippen LogP contribution in [0.2, 0.25) is 0 Å². The van der Waals surface area contributed by atoms with Crippen molar-refractivity contribution in [2.45, 2.75) is 26.8 Å². The molecule has 122 valence electrons. The van der Waals surface area contributed by atoms with Crippen molar-refractivity contribution in [3.8, 4) is 12.3 Å². The van der Waals surface area contributed by atoms with E-state index in [0.717, 1.165) is 0 Å². The zero-order valence-corrected chi connectivity index (χ0v) is 13.4. The van der Waals surface area contributed by atoms with Crippen molar-refractivity contribution in [2.24, 2.45) is 5.92 Å². The van der Waals surface area contributed by atoms with E-state index in [-0.39, 0.29) is 11.8 Å². The highest BCUT2D eigenvalue weighted by Crippen LogP contribution is 2.23. The maximum absolute atomic E-state index is 12.4. The van der Waals surface area contributed by atoms with E-state index in [1.807, 2.05) is 0 Å². The van der Waals surface area contributed by atoms with Crippen LogP contribution >= 0.6 is 0 Å². The van der Waals surface area contributed by atoms with Crippen LogP contribution in [0, 0.1) is 18.3 Å². The molecule has 0 aliphatic heterocycles. The zero-order valence-electron chi connectivity index (χ0n) is 13.4. The number of rotatable bonds is 6. The molecule has 6 nitrogen and oxygen atoms in total. The molecule has 1 rings (SSSR count). The molecular formula is C17H20N2O4.